The average Bonchev–Trinajstić information content (AvgIpc) is 3.27. The lowest BCUT2D eigenvalue weighted by atomic mass is 10.1. The van der Waals surface area contributed by atoms with Gasteiger partial charge in [-0.05, 0) is 35.4 Å². The molecule has 0 spiro atoms. The normalized spacial score (nSPS) is 10.8. The molecule has 0 saturated carbocycles. The number of nitriles is 1. The molecule has 4 rings (SSSR count). The lowest BCUT2D eigenvalue weighted by Crippen LogP contribution is -2.10. The number of anilines is 1. The molecule has 0 aliphatic carbocycles. The summed E-state index contributed by atoms with van der Waals surface area (Å²) in [6.07, 6.45) is 2.16. The Morgan fingerprint density at radius 1 is 1.14 bits per heavy atom. The number of fused-ring (bicyclic) bond motifs is 1. The second-order valence-corrected chi connectivity index (χ2v) is 8.28. The molecule has 2 aromatic heterocycles. The number of carbonyl (C=O) groups is 1. The molecule has 4 aromatic rings. The fourth-order valence-electron chi connectivity index (χ4n) is 3.25. The number of carbonyl (C=O) groups excluding carboxylic acids is 1. The second-order valence-electron chi connectivity index (χ2n) is 6.56. The van der Waals surface area contributed by atoms with E-state index in [0.717, 1.165) is 16.5 Å². The molecule has 2 aromatic carbocycles. The highest BCUT2D eigenvalue weighted by Gasteiger charge is 2.15. The van der Waals surface area contributed by atoms with E-state index in [2.05, 4.69) is 11.4 Å². The summed E-state index contributed by atoms with van der Waals surface area (Å²) in [4.78, 5) is 13.0. The minimum atomic E-state index is -0.245. The van der Waals surface area contributed by atoms with Crippen molar-refractivity contribution in [2.75, 3.05) is 5.32 Å². The van der Waals surface area contributed by atoms with E-state index in [1.54, 1.807) is 28.8 Å². The monoisotopic (exact) mass is 421 g/mol. The van der Waals surface area contributed by atoms with Gasteiger partial charge in [-0.3, -0.25) is 4.79 Å². The molecule has 5 nitrogen and oxygen atoms in total. The van der Waals surface area contributed by atoms with E-state index in [9.17, 15) is 9.90 Å². The Balaban J connectivity index is 1.65. The quantitative estimate of drug-likeness (QED) is 0.451. The summed E-state index contributed by atoms with van der Waals surface area (Å²) in [6.45, 7) is 0.452. The number of halogens is 1. The van der Waals surface area contributed by atoms with Crippen LogP contribution in [0.1, 0.15) is 20.8 Å². The number of benzene rings is 2. The van der Waals surface area contributed by atoms with Gasteiger partial charge < -0.3 is 15.0 Å². The first-order valence-electron chi connectivity index (χ1n) is 8.87. The summed E-state index contributed by atoms with van der Waals surface area (Å²) in [5.74, 6) is -0.119. The summed E-state index contributed by atoms with van der Waals surface area (Å²) in [6, 6.07) is 18.6. The number of aromatic nitrogens is 1. The van der Waals surface area contributed by atoms with Crippen molar-refractivity contribution in [1.82, 2.24) is 4.57 Å². The van der Waals surface area contributed by atoms with Crippen LogP contribution < -0.4 is 5.32 Å². The highest BCUT2D eigenvalue weighted by Crippen LogP contribution is 2.33. The molecule has 0 aliphatic rings. The summed E-state index contributed by atoms with van der Waals surface area (Å²) in [7, 11) is 0. The Labute approximate surface area is 176 Å². The molecule has 0 fully saturated rings. The van der Waals surface area contributed by atoms with Gasteiger partial charge in [0.2, 0.25) is 0 Å². The predicted molar refractivity (Wildman–Crippen MR) is 116 cm³/mol. The van der Waals surface area contributed by atoms with Crippen LogP contribution in [0.15, 0.2) is 60.8 Å². The van der Waals surface area contributed by atoms with Crippen LogP contribution in [0.4, 0.5) is 5.69 Å². The summed E-state index contributed by atoms with van der Waals surface area (Å²) in [5.41, 5.74) is 2.53. The molecular formula is C22H16ClN3O2S. The zero-order valence-electron chi connectivity index (χ0n) is 15.2. The molecule has 144 valence electrons. The van der Waals surface area contributed by atoms with Crippen LogP contribution in [0, 0.1) is 11.3 Å². The van der Waals surface area contributed by atoms with Crippen LogP contribution in [0.25, 0.3) is 10.8 Å². The number of hydrogen-bond donors (Lipinski definition) is 2. The van der Waals surface area contributed by atoms with Crippen molar-refractivity contribution in [1.29, 1.82) is 5.26 Å². The second kappa shape index (κ2) is 8.00. The number of amides is 1. The van der Waals surface area contributed by atoms with Gasteiger partial charge >= 0.3 is 0 Å². The van der Waals surface area contributed by atoms with Gasteiger partial charge in [-0.15, -0.1) is 11.3 Å². The van der Waals surface area contributed by atoms with Gasteiger partial charge in [0.05, 0.1) is 33.9 Å². The molecule has 0 unspecified atom stereocenters. The predicted octanol–water partition coefficient (Wildman–Crippen LogP) is 5.43. The summed E-state index contributed by atoms with van der Waals surface area (Å²) >= 11 is 7.13. The van der Waals surface area contributed by atoms with Crippen LogP contribution in [0.3, 0.4) is 0 Å². The molecule has 0 radical (unpaired) electrons. The highest BCUT2D eigenvalue weighted by atomic mass is 35.5. The third-order valence-electron chi connectivity index (χ3n) is 4.58. The molecule has 0 aliphatic heterocycles. The van der Waals surface area contributed by atoms with Gasteiger partial charge in [0, 0.05) is 17.0 Å². The van der Waals surface area contributed by atoms with Gasteiger partial charge in [0.1, 0.15) is 0 Å². The number of hydrogen-bond acceptors (Lipinski definition) is 4. The minimum absolute atomic E-state index is 0.126. The maximum atomic E-state index is 12.5. The van der Waals surface area contributed by atoms with Crippen molar-refractivity contribution in [2.45, 2.75) is 13.0 Å². The third-order valence-corrected chi connectivity index (χ3v) is 5.81. The van der Waals surface area contributed by atoms with E-state index in [-0.39, 0.29) is 11.8 Å². The van der Waals surface area contributed by atoms with Crippen LogP contribution in [-0.2, 0) is 13.0 Å². The molecule has 29 heavy (non-hydrogen) atoms. The molecule has 0 saturated heterocycles. The number of nitrogens with zero attached hydrogens (tertiary/aromatic N) is 2. The molecule has 0 bridgehead atoms. The summed E-state index contributed by atoms with van der Waals surface area (Å²) in [5, 5.41) is 23.9. The number of rotatable bonds is 5. The van der Waals surface area contributed by atoms with Crippen LogP contribution in [-0.4, -0.2) is 15.6 Å². The van der Waals surface area contributed by atoms with E-state index in [4.69, 9.17) is 16.9 Å². The van der Waals surface area contributed by atoms with Crippen molar-refractivity contribution < 1.29 is 9.90 Å². The highest BCUT2D eigenvalue weighted by molar-refractivity contribution is 7.18. The van der Waals surface area contributed by atoms with E-state index in [0.29, 0.717) is 33.3 Å². The molecule has 2 heterocycles. The SMILES string of the molecule is N#CCc1cccc(Cn2cc3c(NC(=O)c4ccc(Cl)s4)cccc3c2O)c1. The molecule has 7 heteroatoms. The van der Waals surface area contributed by atoms with Crippen LogP contribution in [0.2, 0.25) is 4.34 Å². The minimum Gasteiger partial charge on any atom is -0.494 e. The van der Waals surface area contributed by atoms with Crippen molar-refractivity contribution in [3.63, 3.8) is 0 Å². The van der Waals surface area contributed by atoms with E-state index in [1.807, 2.05) is 36.5 Å². The molecule has 0 atom stereocenters. The fraction of sp³-hybridized carbons (Fsp3) is 0.0909. The first kappa shape index (κ1) is 19.1. The average molecular weight is 422 g/mol. The zero-order chi connectivity index (χ0) is 20.4. The Hall–Kier alpha value is -3.27. The maximum absolute atomic E-state index is 12.5. The molecular weight excluding hydrogens is 406 g/mol. The van der Waals surface area contributed by atoms with Gasteiger partial charge in [-0.1, -0.05) is 41.9 Å². The maximum Gasteiger partial charge on any atom is 0.265 e. The summed E-state index contributed by atoms with van der Waals surface area (Å²) < 4.78 is 2.28. The Morgan fingerprint density at radius 3 is 2.69 bits per heavy atom. The van der Waals surface area contributed by atoms with Crippen molar-refractivity contribution in [3.8, 4) is 11.9 Å². The third kappa shape index (κ3) is 3.97. The first-order chi connectivity index (χ1) is 14.0. The lowest BCUT2D eigenvalue weighted by molar-refractivity contribution is 0.103. The topological polar surface area (TPSA) is 78.0 Å². The number of aromatic hydroxyl groups is 1. The standard InChI is InChI=1S/C22H16ClN3O2S/c23-20-8-7-19(29-20)21(27)25-18-6-2-5-16-17(18)13-26(22(16)28)12-15-4-1-3-14(11-15)9-10-24/h1-8,11,13,28H,9,12H2,(H,25,27). The Morgan fingerprint density at radius 2 is 1.93 bits per heavy atom. The van der Waals surface area contributed by atoms with Crippen molar-refractivity contribution in [3.05, 3.63) is 81.1 Å². The number of nitrogens with one attached hydrogen (secondary N) is 1. The van der Waals surface area contributed by atoms with Gasteiger partial charge in [0.25, 0.3) is 5.91 Å². The van der Waals surface area contributed by atoms with Gasteiger partial charge in [-0.25, -0.2) is 0 Å². The van der Waals surface area contributed by atoms with E-state index < -0.39 is 0 Å². The van der Waals surface area contributed by atoms with E-state index >= 15 is 0 Å². The Kier molecular flexibility index (Phi) is 5.26. The zero-order valence-corrected chi connectivity index (χ0v) is 16.8. The molecule has 2 N–H and O–H groups in total. The largest absolute Gasteiger partial charge is 0.494 e. The van der Waals surface area contributed by atoms with E-state index in [1.165, 1.54) is 11.3 Å². The smallest absolute Gasteiger partial charge is 0.265 e. The lowest BCUT2D eigenvalue weighted by Gasteiger charge is -2.06. The van der Waals surface area contributed by atoms with Gasteiger partial charge in [-0.2, -0.15) is 5.26 Å². The van der Waals surface area contributed by atoms with Crippen molar-refractivity contribution >= 4 is 45.3 Å². The fourth-order valence-corrected chi connectivity index (χ4v) is 4.19. The first-order valence-corrected chi connectivity index (χ1v) is 10.1. The van der Waals surface area contributed by atoms with Crippen LogP contribution >= 0.6 is 22.9 Å². The van der Waals surface area contributed by atoms with Gasteiger partial charge in [0.15, 0.2) is 5.88 Å². The number of thiophene rings is 1. The van der Waals surface area contributed by atoms with Crippen molar-refractivity contribution in [2.24, 2.45) is 0 Å². The van der Waals surface area contributed by atoms with Crippen LogP contribution in [0.5, 0.6) is 5.88 Å². The Bertz CT molecular complexity index is 1250. The molecule has 1 amide bonds.